The molecule has 1 heterocycles. The third-order valence-corrected chi connectivity index (χ3v) is 4.68. The van der Waals surface area contributed by atoms with Gasteiger partial charge in [-0.2, -0.15) is 0 Å². The van der Waals surface area contributed by atoms with Gasteiger partial charge >= 0.3 is 0 Å². The number of ether oxygens (including phenoxy) is 2. The van der Waals surface area contributed by atoms with Crippen LogP contribution in [0.3, 0.4) is 0 Å². The molecule has 1 aromatic carbocycles. The molecule has 1 aromatic rings. The summed E-state index contributed by atoms with van der Waals surface area (Å²) in [6, 6.07) is 4.05. The summed E-state index contributed by atoms with van der Waals surface area (Å²) in [6.07, 6.45) is 0.857. The van der Waals surface area contributed by atoms with Crippen molar-refractivity contribution in [3.63, 3.8) is 0 Å². The number of nitrogens with zero attached hydrogens (tertiary/aromatic N) is 2. The molecule has 0 saturated heterocycles. The van der Waals surface area contributed by atoms with E-state index in [0.717, 1.165) is 43.1 Å². The van der Waals surface area contributed by atoms with Crippen LogP contribution in [-0.2, 0) is 17.8 Å². The number of carbonyl (C=O) groups is 1. The molecule has 5 nitrogen and oxygen atoms in total. The van der Waals surface area contributed by atoms with Crippen molar-refractivity contribution < 1.29 is 14.3 Å². The summed E-state index contributed by atoms with van der Waals surface area (Å²) in [6.45, 7) is 12.6. The Morgan fingerprint density at radius 3 is 2.08 bits per heavy atom. The highest BCUT2D eigenvalue weighted by molar-refractivity contribution is 5.78. The zero-order valence-electron chi connectivity index (χ0n) is 17.2. The highest BCUT2D eigenvalue weighted by Crippen LogP contribution is 2.33. The Morgan fingerprint density at radius 1 is 1.04 bits per heavy atom. The predicted molar refractivity (Wildman–Crippen MR) is 105 cm³/mol. The standard InChI is InChI=1S/C21H34N2O3/c1-15(2)11-22(12-16(3)4)14-21(24)23-8-7-17-9-19(25-5)20(26-6)10-18(17)13-23/h9-10,15-16H,7-8,11-14H2,1-6H3. The lowest BCUT2D eigenvalue weighted by Gasteiger charge is -2.32. The van der Waals surface area contributed by atoms with Gasteiger partial charge in [0.05, 0.1) is 20.8 Å². The lowest BCUT2D eigenvalue weighted by molar-refractivity contribution is -0.133. The predicted octanol–water partition coefficient (Wildman–Crippen LogP) is 3.20. The Labute approximate surface area is 158 Å². The van der Waals surface area contributed by atoms with E-state index < -0.39 is 0 Å². The van der Waals surface area contributed by atoms with Crippen molar-refractivity contribution in [3.05, 3.63) is 23.3 Å². The molecule has 0 N–H and O–H groups in total. The van der Waals surface area contributed by atoms with E-state index in [1.807, 2.05) is 17.0 Å². The fourth-order valence-electron chi connectivity index (χ4n) is 3.62. The minimum atomic E-state index is 0.215. The van der Waals surface area contributed by atoms with Gasteiger partial charge in [0.1, 0.15) is 0 Å². The SMILES string of the molecule is COc1cc2c(cc1OC)CN(C(=O)CN(CC(C)C)CC(C)C)CC2. The molecule has 1 aliphatic rings. The maximum absolute atomic E-state index is 12.9. The van der Waals surface area contributed by atoms with E-state index in [-0.39, 0.29) is 5.91 Å². The number of amides is 1. The van der Waals surface area contributed by atoms with Gasteiger partial charge in [0.25, 0.3) is 0 Å². The molecule has 1 aliphatic heterocycles. The molecule has 1 amide bonds. The molecule has 26 heavy (non-hydrogen) atoms. The van der Waals surface area contributed by atoms with Crippen LogP contribution in [0.1, 0.15) is 38.8 Å². The molecule has 0 radical (unpaired) electrons. The van der Waals surface area contributed by atoms with E-state index in [0.29, 0.717) is 24.9 Å². The number of hydrogen-bond donors (Lipinski definition) is 0. The summed E-state index contributed by atoms with van der Waals surface area (Å²) >= 11 is 0. The Hall–Kier alpha value is -1.75. The molecule has 0 aromatic heterocycles. The largest absolute Gasteiger partial charge is 0.493 e. The Balaban J connectivity index is 2.07. The Morgan fingerprint density at radius 2 is 1.58 bits per heavy atom. The summed E-state index contributed by atoms with van der Waals surface area (Å²) in [5.74, 6) is 2.81. The number of carbonyl (C=O) groups excluding carboxylic acids is 1. The van der Waals surface area contributed by atoms with Crippen molar-refractivity contribution >= 4 is 5.91 Å². The Bertz CT molecular complexity index is 604. The van der Waals surface area contributed by atoms with Gasteiger partial charge in [-0.3, -0.25) is 9.69 Å². The quantitative estimate of drug-likeness (QED) is 0.712. The van der Waals surface area contributed by atoms with E-state index >= 15 is 0 Å². The van der Waals surface area contributed by atoms with Gasteiger partial charge in [-0.05, 0) is 41.5 Å². The normalized spacial score (nSPS) is 14.1. The van der Waals surface area contributed by atoms with E-state index in [2.05, 4.69) is 32.6 Å². The second-order valence-corrected chi connectivity index (χ2v) is 8.02. The van der Waals surface area contributed by atoms with Crippen LogP contribution in [-0.4, -0.2) is 56.1 Å². The molecular formula is C21H34N2O3. The van der Waals surface area contributed by atoms with E-state index in [1.165, 1.54) is 5.56 Å². The summed E-state index contributed by atoms with van der Waals surface area (Å²) in [4.78, 5) is 17.2. The molecule has 146 valence electrons. The number of fused-ring (bicyclic) bond motifs is 1. The monoisotopic (exact) mass is 362 g/mol. The lowest BCUT2D eigenvalue weighted by Crippen LogP contribution is -2.44. The smallest absolute Gasteiger partial charge is 0.237 e. The molecule has 0 saturated carbocycles. The number of rotatable bonds is 8. The van der Waals surface area contributed by atoms with E-state index in [9.17, 15) is 4.79 Å². The van der Waals surface area contributed by atoms with Gasteiger partial charge in [-0.25, -0.2) is 0 Å². The topological polar surface area (TPSA) is 42.0 Å². The first-order chi connectivity index (χ1) is 12.3. The fraction of sp³-hybridized carbons (Fsp3) is 0.667. The maximum atomic E-state index is 12.9. The first kappa shape index (κ1) is 20.6. The van der Waals surface area contributed by atoms with Crippen LogP contribution in [0.15, 0.2) is 12.1 Å². The molecule has 0 fully saturated rings. The molecule has 5 heteroatoms. The number of hydrogen-bond acceptors (Lipinski definition) is 4. The third kappa shape index (κ3) is 5.37. The average Bonchev–Trinajstić information content (AvgIpc) is 2.58. The van der Waals surface area contributed by atoms with Crippen LogP contribution in [0.4, 0.5) is 0 Å². The van der Waals surface area contributed by atoms with Crippen molar-refractivity contribution in [2.24, 2.45) is 11.8 Å². The summed E-state index contributed by atoms with van der Waals surface area (Å²) in [5.41, 5.74) is 2.40. The van der Waals surface area contributed by atoms with Crippen LogP contribution in [0.2, 0.25) is 0 Å². The lowest BCUT2D eigenvalue weighted by atomic mass is 9.98. The number of methoxy groups -OCH3 is 2. The van der Waals surface area contributed by atoms with Gasteiger partial charge in [0.15, 0.2) is 11.5 Å². The molecule has 2 rings (SSSR count). The first-order valence-electron chi connectivity index (χ1n) is 9.57. The van der Waals surface area contributed by atoms with Crippen LogP contribution < -0.4 is 9.47 Å². The molecular weight excluding hydrogens is 328 g/mol. The van der Waals surface area contributed by atoms with Crippen molar-refractivity contribution in [2.45, 2.75) is 40.7 Å². The zero-order chi connectivity index (χ0) is 19.3. The highest BCUT2D eigenvalue weighted by Gasteiger charge is 2.24. The van der Waals surface area contributed by atoms with Gasteiger partial charge in [-0.1, -0.05) is 27.7 Å². The third-order valence-electron chi connectivity index (χ3n) is 4.68. The summed E-state index contributed by atoms with van der Waals surface area (Å²) in [5, 5.41) is 0. The highest BCUT2D eigenvalue weighted by atomic mass is 16.5. The second kappa shape index (κ2) is 9.26. The van der Waals surface area contributed by atoms with Crippen molar-refractivity contribution in [1.29, 1.82) is 0 Å². The molecule has 0 spiro atoms. The van der Waals surface area contributed by atoms with Gasteiger partial charge < -0.3 is 14.4 Å². The average molecular weight is 363 g/mol. The molecule has 0 atom stereocenters. The molecule has 0 aliphatic carbocycles. The second-order valence-electron chi connectivity index (χ2n) is 8.02. The van der Waals surface area contributed by atoms with Crippen molar-refractivity contribution in [2.75, 3.05) is 40.4 Å². The van der Waals surface area contributed by atoms with Crippen molar-refractivity contribution in [1.82, 2.24) is 9.80 Å². The molecule has 0 unspecified atom stereocenters. The minimum absolute atomic E-state index is 0.215. The van der Waals surface area contributed by atoms with Crippen LogP contribution in [0.5, 0.6) is 11.5 Å². The van der Waals surface area contributed by atoms with Gasteiger partial charge in [-0.15, -0.1) is 0 Å². The molecule has 0 bridgehead atoms. The van der Waals surface area contributed by atoms with E-state index in [4.69, 9.17) is 9.47 Å². The Kier molecular flexibility index (Phi) is 7.33. The fourth-order valence-corrected chi connectivity index (χ4v) is 3.62. The van der Waals surface area contributed by atoms with Crippen LogP contribution in [0.25, 0.3) is 0 Å². The zero-order valence-corrected chi connectivity index (χ0v) is 17.2. The van der Waals surface area contributed by atoms with Gasteiger partial charge in [0, 0.05) is 26.2 Å². The van der Waals surface area contributed by atoms with Crippen molar-refractivity contribution in [3.8, 4) is 11.5 Å². The minimum Gasteiger partial charge on any atom is -0.493 e. The number of benzene rings is 1. The first-order valence-corrected chi connectivity index (χ1v) is 9.57. The summed E-state index contributed by atoms with van der Waals surface area (Å²) < 4.78 is 10.8. The summed E-state index contributed by atoms with van der Waals surface area (Å²) in [7, 11) is 3.30. The van der Waals surface area contributed by atoms with Crippen LogP contribution in [0, 0.1) is 11.8 Å². The van der Waals surface area contributed by atoms with Crippen LogP contribution >= 0.6 is 0 Å². The maximum Gasteiger partial charge on any atom is 0.237 e. The van der Waals surface area contributed by atoms with Gasteiger partial charge in [0.2, 0.25) is 5.91 Å². The van der Waals surface area contributed by atoms with E-state index in [1.54, 1.807) is 14.2 Å².